The number of hydrogen-bond acceptors (Lipinski definition) is 7. The molecule has 1 aliphatic rings. The van der Waals surface area contributed by atoms with Gasteiger partial charge in [0.15, 0.2) is 6.04 Å². The molecule has 1 fully saturated rings. The molecular weight excluding hydrogens is 510 g/mol. The lowest BCUT2D eigenvalue weighted by molar-refractivity contribution is -0.199. The van der Waals surface area contributed by atoms with Gasteiger partial charge in [-0.05, 0) is 37.5 Å². The molecule has 8 nitrogen and oxygen atoms in total. The van der Waals surface area contributed by atoms with Crippen molar-refractivity contribution in [1.29, 1.82) is 0 Å². The van der Waals surface area contributed by atoms with Crippen LogP contribution in [0.25, 0.3) is 0 Å². The average molecular weight is 548 g/mol. The molecule has 0 aromatic heterocycles. The van der Waals surface area contributed by atoms with Crippen LogP contribution in [-0.4, -0.2) is 58.6 Å². The molecule has 0 bridgehead atoms. The Balaban J connectivity index is 1.59. The van der Waals surface area contributed by atoms with Gasteiger partial charge in [-0.3, -0.25) is 4.90 Å². The van der Waals surface area contributed by atoms with Crippen molar-refractivity contribution in [3.05, 3.63) is 108 Å². The number of esters is 1. The predicted molar refractivity (Wildman–Crippen MR) is 149 cm³/mol. The molecule has 0 spiro atoms. The third-order valence-electron chi connectivity index (χ3n) is 6.42. The second-order valence-electron chi connectivity index (χ2n) is 10.8. The first-order chi connectivity index (χ1) is 19.2. The largest absolute Gasteiger partial charge is 0.458 e. The molecule has 40 heavy (non-hydrogen) atoms. The minimum atomic E-state index is -1.43. The van der Waals surface area contributed by atoms with Crippen molar-refractivity contribution in [2.75, 3.05) is 6.54 Å². The van der Waals surface area contributed by atoms with E-state index in [-0.39, 0.29) is 26.4 Å². The lowest BCUT2D eigenvalue weighted by atomic mass is 9.93. The summed E-state index contributed by atoms with van der Waals surface area (Å²) in [5.74, 6) is -0.744. The fourth-order valence-corrected chi connectivity index (χ4v) is 4.51. The van der Waals surface area contributed by atoms with Gasteiger partial charge in [-0.1, -0.05) is 91.0 Å². The number of benzene rings is 3. The molecule has 8 heteroatoms. The van der Waals surface area contributed by atoms with Gasteiger partial charge >= 0.3 is 12.1 Å². The van der Waals surface area contributed by atoms with Crippen LogP contribution in [0.5, 0.6) is 0 Å². The van der Waals surface area contributed by atoms with Crippen molar-refractivity contribution in [3.63, 3.8) is 0 Å². The first-order valence-electron chi connectivity index (χ1n) is 13.4. The quantitative estimate of drug-likeness (QED) is 0.382. The van der Waals surface area contributed by atoms with E-state index in [1.54, 1.807) is 20.8 Å². The normalized spacial score (nSPS) is 21.1. The number of likely N-dealkylation sites (tertiary alicyclic amines) is 1. The molecule has 3 aromatic carbocycles. The van der Waals surface area contributed by atoms with E-state index in [0.29, 0.717) is 0 Å². The maximum atomic E-state index is 13.4. The summed E-state index contributed by atoms with van der Waals surface area (Å²) in [6, 6.07) is 27.0. The highest BCUT2D eigenvalue weighted by molar-refractivity contribution is 5.83. The topological polar surface area (TPSA) is 94.5 Å². The molecule has 1 N–H and O–H groups in total. The SMILES string of the molecule is CC(C)(C)OC(=O)[C@H]1[C@@H](O)[C@H](OCc2ccccc2)[C@@H](OCc2ccccc2)CN1C(=O)OCc1ccccc1. The number of amides is 1. The molecule has 1 heterocycles. The number of aliphatic hydroxyl groups is 1. The van der Waals surface area contributed by atoms with Gasteiger partial charge in [0.05, 0.1) is 19.8 Å². The third-order valence-corrected chi connectivity index (χ3v) is 6.42. The summed E-state index contributed by atoms with van der Waals surface area (Å²) in [5, 5.41) is 11.6. The average Bonchev–Trinajstić information content (AvgIpc) is 2.94. The molecule has 1 amide bonds. The second kappa shape index (κ2) is 13.6. The smallest absolute Gasteiger partial charge is 0.411 e. The van der Waals surface area contributed by atoms with Gasteiger partial charge in [0, 0.05) is 0 Å². The summed E-state index contributed by atoms with van der Waals surface area (Å²) in [6.07, 6.45) is -3.85. The summed E-state index contributed by atoms with van der Waals surface area (Å²) in [7, 11) is 0. The monoisotopic (exact) mass is 547 g/mol. The van der Waals surface area contributed by atoms with E-state index in [1.807, 2.05) is 91.0 Å². The van der Waals surface area contributed by atoms with Crippen molar-refractivity contribution in [3.8, 4) is 0 Å². The van der Waals surface area contributed by atoms with Crippen molar-refractivity contribution in [1.82, 2.24) is 4.90 Å². The zero-order valence-electron chi connectivity index (χ0n) is 23.1. The standard InChI is InChI=1S/C32H37NO7/c1-32(2,3)40-30(35)27-28(34)29(38-21-24-15-9-5-10-16-24)26(37-20-23-13-7-4-8-14-23)19-33(27)31(36)39-22-25-17-11-6-12-18-25/h4-18,26-29,34H,19-22H2,1-3H3/t26-,27+,28+,29+/m0/s1. The Hall–Kier alpha value is -3.72. The highest BCUT2D eigenvalue weighted by Crippen LogP contribution is 2.28. The summed E-state index contributed by atoms with van der Waals surface area (Å²) < 4.78 is 23.6. The number of hydrogen-bond donors (Lipinski definition) is 1. The Labute approximate surface area is 235 Å². The van der Waals surface area contributed by atoms with Crippen LogP contribution in [0.1, 0.15) is 37.5 Å². The maximum absolute atomic E-state index is 13.4. The second-order valence-corrected chi connectivity index (χ2v) is 10.8. The van der Waals surface area contributed by atoms with E-state index < -0.39 is 42.0 Å². The van der Waals surface area contributed by atoms with Crippen molar-refractivity contribution < 1.29 is 33.6 Å². The number of rotatable bonds is 9. The minimum Gasteiger partial charge on any atom is -0.458 e. The Kier molecular flexibility index (Phi) is 9.93. The number of carbonyl (C=O) groups excluding carboxylic acids is 2. The molecule has 1 saturated heterocycles. The van der Waals surface area contributed by atoms with Crippen LogP contribution in [0.3, 0.4) is 0 Å². The lowest BCUT2D eigenvalue weighted by Crippen LogP contribution is -2.67. The van der Waals surface area contributed by atoms with Crippen LogP contribution in [0, 0.1) is 0 Å². The number of aliphatic hydroxyl groups excluding tert-OH is 1. The number of piperidine rings is 1. The Morgan fingerprint density at radius 2 is 1.25 bits per heavy atom. The van der Waals surface area contributed by atoms with Crippen LogP contribution in [-0.2, 0) is 43.6 Å². The Morgan fingerprint density at radius 3 is 1.75 bits per heavy atom. The number of ether oxygens (including phenoxy) is 4. The molecule has 0 saturated carbocycles. The van der Waals surface area contributed by atoms with Crippen LogP contribution in [0.4, 0.5) is 4.79 Å². The Bertz CT molecular complexity index is 1210. The molecule has 3 aromatic rings. The minimum absolute atomic E-state index is 0.0107. The van der Waals surface area contributed by atoms with E-state index in [0.717, 1.165) is 16.7 Å². The zero-order valence-corrected chi connectivity index (χ0v) is 23.1. The molecule has 0 unspecified atom stereocenters. The fourth-order valence-electron chi connectivity index (χ4n) is 4.51. The first kappa shape index (κ1) is 29.3. The third kappa shape index (κ3) is 8.14. The predicted octanol–water partition coefficient (Wildman–Crippen LogP) is 4.88. The molecule has 212 valence electrons. The molecule has 4 atom stereocenters. The van der Waals surface area contributed by atoms with Crippen LogP contribution in [0.2, 0.25) is 0 Å². The highest BCUT2D eigenvalue weighted by Gasteiger charge is 2.51. The summed E-state index contributed by atoms with van der Waals surface area (Å²) >= 11 is 0. The van der Waals surface area contributed by atoms with Crippen LogP contribution >= 0.6 is 0 Å². The highest BCUT2D eigenvalue weighted by atomic mass is 16.6. The number of carbonyl (C=O) groups is 2. The van der Waals surface area contributed by atoms with Gasteiger partial charge in [-0.2, -0.15) is 0 Å². The molecule has 0 aliphatic carbocycles. The first-order valence-corrected chi connectivity index (χ1v) is 13.4. The van der Waals surface area contributed by atoms with Crippen LogP contribution in [0.15, 0.2) is 91.0 Å². The van der Waals surface area contributed by atoms with Crippen molar-refractivity contribution in [2.24, 2.45) is 0 Å². The van der Waals surface area contributed by atoms with Gasteiger partial charge < -0.3 is 24.1 Å². The van der Waals surface area contributed by atoms with Gasteiger partial charge in [-0.25, -0.2) is 9.59 Å². The van der Waals surface area contributed by atoms with Crippen molar-refractivity contribution in [2.45, 2.75) is 70.5 Å². The maximum Gasteiger partial charge on any atom is 0.411 e. The molecular formula is C32H37NO7. The van der Waals surface area contributed by atoms with Crippen LogP contribution < -0.4 is 0 Å². The Morgan fingerprint density at radius 1 is 0.775 bits per heavy atom. The number of nitrogens with zero attached hydrogens (tertiary/aromatic N) is 1. The fraction of sp³-hybridized carbons (Fsp3) is 0.375. The van der Waals surface area contributed by atoms with E-state index >= 15 is 0 Å². The molecule has 1 aliphatic heterocycles. The van der Waals surface area contributed by atoms with Gasteiger partial charge in [-0.15, -0.1) is 0 Å². The summed E-state index contributed by atoms with van der Waals surface area (Å²) in [4.78, 5) is 28.0. The van der Waals surface area contributed by atoms with Gasteiger partial charge in [0.2, 0.25) is 0 Å². The van der Waals surface area contributed by atoms with Gasteiger partial charge in [0.25, 0.3) is 0 Å². The van der Waals surface area contributed by atoms with E-state index in [9.17, 15) is 14.7 Å². The van der Waals surface area contributed by atoms with E-state index in [4.69, 9.17) is 18.9 Å². The van der Waals surface area contributed by atoms with E-state index in [1.165, 1.54) is 4.90 Å². The van der Waals surface area contributed by atoms with Crippen molar-refractivity contribution >= 4 is 12.1 Å². The summed E-state index contributed by atoms with van der Waals surface area (Å²) in [5.41, 5.74) is 1.78. The zero-order chi connectivity index (χ0) is 28.5. The summed E-state index contributed by atoms with van der Waals surface area (Å²) in [6.45, 7) is 5.58. The molecule has 4 rings (SSSR count). The van der Waals surface area contributed by atoms with Gasteiger partial charge in [0.1, 0.15) is 30.5 Å². The lowest BCUT2D eigenvalue weighted by Gasteiger charge is -2.45. The van der Waals surface area contributed by atoms with E-state index in [2.05, 4.69) is 0 Å². The molecule has 0 radical (unpaired) electrons.